The zero-order chi connectivity index (χ0) is 17.6. The fraction of sp³-hybridized carbons (Fsp3) is 0.294. The molecule has 2 N–H and O–H groups in total. The van der Waals surface area contributed by atoms with Crippen LogP contribution < -0.4 is 10.6 Å². The van der Waals surface area contributed by atoms with E-state index in [0.29, 0.717) is 31.7 Å². The predicted molar refractivity (Wildman–Crippen MR) is 99.5 cm³/mol. The summed E-state index contributed by atoms with van der Waals surface area (Å²) in [7, 11) is 0. The number of rotatable bonds is 7. The number of carbonyl (C=O) groups excluding carboxylic acids is 1. The zero-order valence-electron chi connectivity index (χ0n) is 13.9. The third kappa shape index (κ3) is 4.54. The van der Waals surface area contributed by atoms with E-state index in [1.165, 1.54) is 6.33 Å². The summed E-state index contributed by atoms with van der Waals surface area (Å²) in [6.07, 6.45) is 2.64. The molecule has 25 heavy (non-hydrogen) atoms. The fourth-order valence-corrected chi connectivity index (χ4v) is 2.97. The molecule has 0 saturated carbocycles. The van der Waals surface area contributed by atoms with E-state index in [1.807, 2.05) is 37.3 Å². The number of hydrogen-bond acceptors (Lipinski definition) is 5. The zero-order valence-corrected chi connectivity index (χ0v) is 15.5. The van der Waals surface area contributed by atoms with Gasteiger partial charge in [-0.05, 0) is 25.0 Å². The van der Waals surface area contributed by atoms with Gasteiger partial charge in [0, 0.05) is 35.7 Å². The van der Waals surface area contributed by atoms with Gasteiger partial charge in [0.25, 0.3) is 5.78 Å². The average Bonchev–Trinajstić information content (AvgIpc) is 3.06. The van der Waals surface area contributed by atoms with Crippen LogP contribution in [0.3, 0.4) is 0 Å². The second-order valence-corrected chi connectivity index (χ2v) is 6.48. The van der Waals surface area contributed by atoms with Crippen LogP contribution >= 0.6 is 15.9 Å². The van der Waals surface area contributed by atoms with E-state index in [-0.39, 0.29) is 5.91 Å². The lowest BCUT2D eigenvalue weighted by molar-refractivity contribution is -0.120. The van der Waals surface area contributed by atoms with Crippen molar-refractivity contribution in [1.29, 1.82) is 0 Å². The molecule has 0 spiro atoms. The predicted octanol–water partition coefficient (Wildman–Crippen LogP) is 2.36. The van der Waals surface area contributed by atoms with Crippen LogP contribution in [0.5, 0.6) is 0 Å². The van der Waals surface area contributed by atoms with Crippen LogP contribution in [-0.2, 0) is 11.2 Å². The fourth-order valence-electron chi connectivity index (χ4n) is 2.49. The lowest BCUT2D eigenvalue weighted by atomic mass is 10.1. The molecule has 0 saturated heterocycles. The van der Waals surface area contributed by atoms with Crippen LogP contribution in [-0.4, -0.2) is 38.6 Å². The molecule has 0 bridgehead atoms. The van der Waals surface area contributed by atoms with E-state index in [2.05, 4.69) is 41.6 Å². The van der Waals surface area contributed by atoms with Crippen molar-refractivity contribution in [2.24, 2.45) is 0 Å². The Labute approximate surface area is 154 Å². The van der Waals surface area contributed by atoms with E-state index >= 15 is 0 Å². The second kappa shape index (κ2) is 8.06. The number of hydrogen-bond donors (Lipinski definition) is 2. The van der Waals surface area contributed by atoms with Crippen molar-refractivity contribution in [1.82, 2.24) is 24.9 Å². The van der Waals surface area contributed by atoms with Crippen molar-refractivity contribution < 1.29 is 4.79 Å². The number of nitrogens with one attached hydrogen (secondary N) is 2. The molecule has 0 aliphatic heterocycles. The maximum Gasteiger partial charge on any atom is 0.254 e. The molecule has 3 rings (SSSR count). The Morgan fingerprint density at radius 3 is 2.96 bits per heavy atom. The number of amides is 1. The summed E-state index contributed by atoms with van der Waals surface area (Å²) < 4.78 is 2.68. The number of aryl methyl sites for hydroxylation is 2. The van der Waals surface area contributed by atoms with Gasteiger partial charge in [0.1, 0.15) is 12.1 Å². The SMILES string of the molecule is Cc1cc(NCCNC(=O)CCc2ccccc2Br)n2ncnc2n1. The minimum Gasteiger partial charge on any atom is -0.368 e. The summed E-state index contributed by atoms with van der Waals surface area (Å²) in [5, 5.41) is 10.3. The summed E-state index contributed by atoms with van der Waals surface area (Å²) >= 11 is 3.50. The van der Waals surface area contributed by atoms with Crippen LogP contribution in [0.1, 0.15) is 17.7 Å². The molecule has 2 heterocycles. The number of aromatic nitrogens is 4. The lowest BCUT2D eigenvalue weighted by Crippen LogP contribution is -2.29. The van der Waals surface area contributed by atoms with Crippen molar-refractivity contribution >= 4 is 33.4 Å². The summed E-state index contributed by atoms with van der Waals surface area (Å²) in [5.74, 6) is 1.40. The molecular weight excluding hydrogens is 384 g/mol. The molecule has 0 aliphatic rings. The van der Waals surface area contributed by atoms with Gasteiger partial charge >= 0.3 is 0 Å². The van der Waals surface area contributed by atoms with Crippen LogP contribution in [0.25, 0.3) is 5.78 Å². The van der Waals surface area contributed by atoms with E-state index < -0.39 is 0 Å². The number of nitrogens with zero attached hydrogens (tertiary/aromatic N) is 4. The highest BCUT2D eigenvalue weighted by Gasteiger charge is 2.06. The third-order valence-electron chi connectivity index (χ3n) is 3.71. The smallest absolute Gasteiger partial charge is 0.254 e. The summed E-state index contributed by atoms with van der Waals surface area (Å²) in [4.78, 5) is 20.3. The molecule has 0 unspecified atom stereocenters. The molecule has 2 aromatic heterocycles. The molecule has 7 nitrogen and oxygen atoms in total. The quantitative estimate of drug-likeness (QED) is 0.592. The van der Waals surface area contributed by atoms with Gasteiger partial charge in [-0.15, -0.1) is 0 Å². The van der Waals surface area contributed by atoms with Crippen LogP contribution in [0.15, 0.2) is 41.1 Å². The van der Waals surface area contributed by atoms with Crippen LogP contribution in [0, 0.1) is 6.92 Å². The highest BCUT2D eigenvalue weighted by Crippen LogP contribution is 2.17. The number of benzene rings is 1. The van der Waals surface area contributed by atoms with Crippen LogP contribution in [0.4, 0.5) is 5.82 Å². The molecule has 8 heteroatoms. The molecule has 0 radical (unpaired) electrons. The Morgan fingerprint density at radius 2 is 2.12 bits per heavy atom. The van der Waals surface area contributed by atoms with Crippen molar-refractivity contribution in [2.75, 3.05) is 18.4 Å². The monoisotopic (exact) mass is 402 g/mol. The number of carbonyl (C=O) groups is 1. The van der Waals surface area contributed by atoms with Crippen molar-refractivity contribution in [2.45, 2.75) is 19.8 Å². The van der Waals surface area contributed by atoms with E-state index in [4.69, 9.17) is 0 Å². The number of fused-ring (bicyclic) bond motifs is 1. The Morgan fingerprint density at radius 1 is 1.28 bits per heavy atom. The van der Waals surface area contributed by atoms with E-state index in [1.54, 1.807) is 4.52 Å². The van der Waals surface area contributed by atoms with Gasteiger partial charge in [-0.2, -0.15) is 14.6 Å². The molecular formula is C17H19BrN6O. The standard InChI is InChI=1S/C17H19BrN6O/c1-12-10-15(24-17(23-12)21-11-22-24)19-8-9-20-16(25)7-6-13-4-2-3-5-14(13)18/h2-5,10-11,19H,6-9H2,1H3,(H,20,25). The molecule has 0 atom stereocenters. The van der Waals surface area contributed by atoms with Gasteiger partial charge in [-0.3, -0.25) is 4.79 Å². The minimum absolute atomic E-state index is 0.0364. The highest BCUT2D eigenvalue weighted by atomic mass is 79.9. The van der Waals surface area contributed by atoms with E-state index in [9.17, 15) is 4.79 Å². The maximum atomic E-state index is 12.0. The molecule has 1 aromatic carbocycles. The molecule has 0 fully saturated rings. The van der Waals surface area contributed by atoms with Gasteiger partial charge in [0.05, 0.1) is 0 Å². The Bertz CT molecular complexity index is 878. The Kier molecular flexibility index (Phi) is 5.60. The van der Waals surface area contributed by atoms with Gasteiger partial charge in [-0.1, -0.05) is 34.1 Å². The number of anilines is 1. The van der Waals surface area contributed by atoms with Crippen molar-refractivity contribution in [3.05, 3.63) is 52.4 Å². The molecule has 3 aromatic rings. The summed E-state index contributed by atoms with van der Waals surface area (Å²) in [6, 6.07) is 9.85. The Balaban J connectivity index is 1.44. The Hall–Kier alpha value is -2.48. The first-order chi connectivity index (χ1) is 12.1. The topological polar surface area (TPSA) is 84.2 Å². The van der Waals surface area contributed by atoms with Crippen molar-refractivity contribution in [3.63, 3.8) is 0 Å². The van der Waals surface area contributed by atoms with Gasteiger partial charge < -0.3 is 10.6 Å². The van der Waals surface area contributed by atoms with Crippen LogP contribution in [0.2, 0.25) is 0 Å². The molecule has 130 valence electrons. The van der Waals surface area contributed by atoms with Gasteiger partial charge in [-0.25, -0.2) is 4.98 Å². The average molecular weight is 403 g/mol. The first-order valence-electron chi connectivity index (χ1n) is 8.05. The molecule has 0 aliphatic carbocycles. The van der Waals surface area contributed by atoms with E-state index in [0.717, 1.165) is 21.5 Å². The maximum absolute atomic E-state index is 12.0. The highest BCUT2D eigenvalue weighted by molar-refractivity contribution is 9.10. The lowest BCUT2D eigenvalue weighted by Gasteiger charge is -2.10. The molecule has 1 amide bonds. The second-order valence-electron chi connectivity index (χ2n) is 5.62. The number of halogens is 1. The van der Waals surface area contributed by atoms with Gasteiger partial charge in [0.2, 0.25) is 5.91 Å². The first-order valence-corrected chi connectivity index (χ1v) is 8.84. The first kappa shape index (κ1) is 17.3. The normalized spacial score (nSPS) is 10.8. The summed E-state index contributed by atoms with van der Waals surface area (Å²) in [6.45, 7) is 3.04. The van der Waals surface area contributed by atoms with Crippen molar-refractivity contribution in [3.8, 4) is 0 Å². The minimum atomic E-state index is 0.0364. The largest absolute Gasteiger partial charge is 0.368 e. The van der Waals surface area contributed by atoms with Gasteiger partial charge in [0.15, 0.2) is 0 Å². The third-order valence-corrected chi connectivity index (χ3v) is 4.49. The summed E-state index contributed by atoms with van der Waals surface area (Å²) in [5.41, 5.74) is 2.00.